The van der Waals surface area contributed by atoms with Gasteiger partial charge in [0.1, 0.15) is 19.0 Å². The van der Waals surface area contributed by atoms with E-state index < -0.39 is 12.0 Å². The maximum atomic E-state index is 13.4. The van der Waals surface area contributed by atoms with Crippen molar-refractivity contribution >= 4 is 29.0 Å². The Hall–Kier alpha value is -3.13. The third-order valence-electron chi connectivity index (χ3n) is 4.97. The molecule has 0 spiro atoms. The zero-order valence-electron chi connectivity index (χ0n) is 16.6. The Morgan fingerprint density at radius 1 is 1.20 bits per heavy atom. The van der Waals surface area contributed by atoms with Crippen LogP contribution in [-0.4, -0.2) is 30.9 Å². The molecule has 8 heteroatoms. The summed E-state index contributed by atoms with van der Waals surface area (Å²) in [5, 5.41) is 3.61. The number of nitrogens with one attached hydrogen (secondary N) is 1. The van der Waals surface area contributed by atoms with Gasteiger partial charge in [-0.15, -0.1) is 0 Å². The number of esters is 1. The van der Waals surface area contributed by atoms with E-state index in [0.29, 0.717) is 46.7 Å². The van der Waals surface area contributed by atoms with Crippen molar-refractivity contribution in [2.75, 3.05) is 24.7 Å². The molecule has 2 aliphatic heterocycles. The maximum Gasteiger partial charge on any atom is 0.338 e. The molecule has 2 aromatic carbocycles. The lowest BCUT2D eigenvalue weighted by Crippen LogP contribution is -2.48. The van der Waals surface area contributed by atoms with Crippen LogP contribution in [-0.2, 0) is 9.53 Å². The first-order valence-electron chi connectivity index (χ1n) is 9.63. The van der Waals surface area contributed by atoms with E-state index in [1.165, 1.54) is 12.1 Å². The molecule has 0 saturated heterocycles. The van der Waals surface area contributed by atoms with E-state index in [-0.39, 0.29) is 12.4 Å². The van der Waals surface area contributed by atoms with Crippen molar-refractivity contribution in [2.45, 2.75) is 19.9 Å². The maximum absolute atomic E-state index is 13.4. The highest BCUT2D eigenvalue weighted by molar-refractivity contribution is 7.80. The van der Waals surface area contributed by atoms with Crippen LogP contribution in [0.25, 0.3) is 0 Å². The summed E-state index contributed by atoms with van der Waals surface area (Å²) in [6.07, 6.45) is 0. The minimum atomic E-state index is -0.550. The number of fused-ring (bicyclic) bond motifs is 1. The predicted octanol–water partition coefficient (Wildman–Crippen LogP) is 3.87. The molecule has 30 heavy (non-hydrogen) atoms. The van der Waals surface area contributed by atoms with Crippen LogP contribution in [0.1, 0.15) is 25.5 Å². The van der Waals surface area contributed by atoms with Crippen LogP contribution < -0.4 is 19.7 Å². The van der Waals surface area contributed by atoms with Gasteiger partial charge in [-0.25, -0.2) is 9.18 Å². The fourth-order valence-corrected chi connectivity index (χ4v) is 3.96. The molecule has 2 heterocycles. The van der Waals surface area contributed by atoms with Crippen molar-refractivity contribution < 1.29 is 23.4 Å². The quantitative estimate of drug-likeness (QED) is 0.586. The molecular weight excluding hydrogens is 407 g/mol. The summed E-state index contributed by atoms with van der Waals surface area (Å²) in [5.74, 6) is 0.473. The van der Waals surface area contributed by atoms with Crippen LogP contribution in [0.15, 0.2) is 53.7 Å². The summed E-state index contributed by atoms with van der Waals surface area (Å²) in [7, 11) is 0. The van der Waals surface area contributed by atoms with Gasteiger partial charge in [-0.3, -0.25) is 4.90 Å². The van der Waals surface area contributed by atoms with Gasteiger partial charge in [0.25, 0.3) is 0 Å². The Balaban J connectivity index is 1.79. The van der Waals surface area contributed by atoms with E-state index in [0.717, 1.165) is 5.69 Å². The summed E-state index contributed by atoms with van der Waals surface area (Å²) in [6, 6.07) is 10.9. The molecule has 0 bridgehead atoms. The number of nitrogens with zero attached hydrogens (tertiary/aromatic N) is 1. The van der Waals surface area contributed by atoms with E-state index >= 15 is 0 Å². The van der Waals surface area contributed by atoms with E-state index in [4.69, 9.17) is 26.4 Å². The van der Waals surface area contributed by atoms with E-state index in [9.17, 15) is 9.18 Å². The fourth-order valence-electron chi connectivity index (χ4n) is 3.60. The number of hydrogen-bond acceptors (Lipinski definition) is 5. The lowest BCUT2D eigenvalue weighted by Gasteiger charge is -2.37. The van der Waals surface area contributed by atoms with Crippen LogP contribution in [0.2, 0.25) is 0 Å². The predicted molar refractivity (Wildman–Crippen MR) is 114 cm³/mol. The van der Waals surface area contributed by atoms with Crippen LogP contribution in [0, 0.1) is 5.82 Å². The van der Waals surface area contributed by atoms with Gasteiger partial charge in [0, 0.05) is 11.8 Å². The number of anilines is 1. The first-order valence-corrected chi connectivity index (χ1v) is 10.0. The standard InChI is InChI=1S/C22H21FN2O4S/c1-3-27-21(26)19-13(2)25(16-8-9-17-18(12-16)29-11-10-28-17)22(30)24-20(19)14-4-6-15(23)7-5-14/h4-9,12,20H,3,10-11H2,1-2H3,(H,24,30)/t20-/m1/s1. The van der Waals surface area contributed by atoms with Crippen LogP contribution in [0.5, 0.6) is 11.5 Å². The van der Waals surface area contributed by atoms with Gasteiger partial charge in [-0.2, -0.15) is 0 Å². The van der Waals surface area contributed by atoms with Crippen molar-refractivity contribution in [1.29, 1.82) is 0 Å². The number of hydrogen-bond donors (Lipinski definition) is 1. The highest BCUT2D eigenvalue weighted by Crippen LogP contribution is 2.38. The molecular formula is C22H21FN2O4S. The average molecular weight is 428 g/mol. The number of carbonyl (C=O) groups excluding carboxylic acids is 1. The Kier molecular flexibility index (Phi) is 5.59. The molecule has 0 unspecified atom stereocenters. The lowest BCUT2D eigenvalue weighted by molar-refractivity contribution is -0.139. The molecule has 156 valence electrons. The molecule has 0 saturated carbocycles. The highest BCUT2D eigenvalue weighted by atomic mass is 32.1. The second-order valence-corrected chi connectivity index (χ2v) is 7.20. The molecule has 0 aromatic heterocycles. The second kappa shape index (κ2) is 8.31. The minimum Gasteiger partial charge on any atom is -0.486 e. The molecule has 0 radical (unpaired) electrons. The number of halogens is 1. The molecule has 6 nitrogen and oxygen atoms in total. The van der Waals surface area contributed by atoms with Crippen LogP contribution in [0.4, 0.5) is 10.1 Å². The monoisotopic (exact) mass is 428 g/mol. The second-order valence-electron chi connectivity index (χ2n) is 6.82. The van der Waals surface area contributed by atoms with Crippen LogP contribution in [0.3, 0.4) is 0 Å². The fraction of sp³-hybridized carbons (Fsp3) is 0.273. The van der Waals surface area contributed by atoms with E-state index in [1.807, 2.05) is 25.1 Å². The summed E-state index contributed by atoms with van der Waals surface area (Å²) in [6.45, 7) is 4.77. The first kappa shape index (κ1) is 20.2. The summed E-state index contributed by atoms with van der Waals surface area (Å²) in [4.78, 5) is 14.6. The minimum absolute atomic E-state index is 0.236. The number of ether oxygens (including phenoxy) is 3. The van der Waals surface area contributed by atoms with Gasteiger partial charge >= 0.3 is 5.97 Å². The normalized spacial score (nSPS) is 18.2. The Bertz CT molecular complexity index is 1020. The average Bonchev–Trinajstić information content (AvgIpc) is 2.74. The summed E-state index contributed by atoms with van der Waals surface area (Å²) in [5.41, 5.74) is 2.48. The third-order valence-corrected chi connectivity index (χ3v) is 5.27. The molecule has 0 fully saturated rings. The zero-order chi connectivity index (χ0) is 21.3. The number of allylic oxidation sites excluding steroid dienone is 1. The third kappa shape index (κ3) is 3.70. The van der Waals surface area contributed by atoms with Crippen molar-refractivity contribution in [3.63, 3.8) is 0 Å². The van der Waals surface area contributed by atoms with Gasteiger partial charge in [0.05, 0.1) is 23.9 Å². The van der Waals surface area contributed by atoms with Crippen LogP contribution >= 0.6 is 12.2 Å². The summed E-state index contributed by atoms with van der Waals surface area (Å²) >= 11 is 5.63. The van der Waals surface area contributed by atoms with E-state index in [2.05, 4.69) is 5.32 Å². The highest BCUT2D eigenvalue weighted by Gasteiger charge is 2.35. The molecule has 1 atom stereocenters. The summed E-state index contributed by atoms with van der Waals surface area (Å²) < 4.78 is 30.0. The first-order chi connectivity index (χ1) is 14.5. The smallest absolute Gasteiger partial charge is 0.338 e. The molecule has 2 aliphatic rings. The van der Waals surface area contributed by atoms with Crippen molar-refractivity contribution in [3.8, 4) is 11.5 Å². The number of rotatable bonds is 4. The van der Waals surface area contributed by atoms with Gasteiger partial charge in [0.2, 0.25) is 0 Å². The Morgan fingerprint density at radius 2 is 1.90 bits per heavy atom. The largest absolute Gasteiger partial charge is 0.486 e. The number of benzene rings is 2. The van der Waals surface area contributed by atoms with Gasteiger partial charge in [0.15, 0.2) is 16.6 Å². The number of carbonyl (C=O) groups is 1. The Morgan fingerprint density at radius 3 is 2.60 bits per heavy atom. The van der Waals surface area contributed by atoms with Crippen molar-refractivity contribution in [2.24, 2.45) is 0 Å². The van der Waals surface area contributed by atoms with E-state index in [1.54, 1.807) is 24.0 Å². The lowest BCUT2D eigenvalue weighted by atomic mass is 9.94. The van der Waals surface area contributed by atoms with Gasteiger partial charge in [-0.1, -0.05) is 12.1 Å². The van der Waals surface area contributed by atoms with Crippen molar-refractivity contribution in [3.05, 3.63) is 65.1 Å². The zero-order valence-corrected chi connectivity index (χ0v) is 17.4. The molecule has 2 aromatic rings. The number of thiocarbonyl (C=S) groups is 1. The topological polar surface area (TPSA) is 60.0 Å². The van der Waals surface area contributed by atoms with Gasteiger partial charge < -0.3 is 19.5 Å². The van der Waals surface area contributed by atoms with Gasteiger partial charge in [-0.05, 0) is 55.9 Å². The van der Waals surface area contributed by atoms with Crippen molar-refractivity contribution in [1.82, 2.24) is 5.32 Å². The molecule has 0 amide bonds. The SMILES string of the molecule is CCOC(=O)C1=C(C)N(c2ccc3c(c2)OCCO3)C(=S)N[C@@H]1c1ccc(F)cc1. The molecule has 4 rings (SSSR count). The Labute approximate surface area is 179 Å². The molecule has 1 N–H and O–H groups in total. The molecule has 0 aliphatic carbocycles.